The summed E-state index contributed by atoms with van der Waals surface area (Å²) in [6.45, 7) is 3.38. The van der Waals surface area contributed by atoms with Crippen LogP contribution in [0.25, 0.3) is 0 Å². The van der Waals surface area contributed by atoms with E-state index in [1.54, 1.807) is 0 Å². The zero-order valence-corrected chi connectivity index (χ0v) is 10.9. The molecule has 0 aromatic rings. The molecule has 0 aliphatic heterocycles. The third-order valence-electron chi connectivity index (χ3n) is 1.84. The Kier molecular flexibility index (Phi) is 8.76. The highest BCUT2D eigenvalue weighted by Crippen LogP contribution is 2.14. The van der Waals surface area contributed by atoms with Crippen LogP contribution in [0.1, 0.15) is 19.8 Å². The lowest BCUT2D eigenvalue weighted by Crippen LogP contribution is -3.00. The molecule has 1 unspecified atom stereocenters. The van der Waals surface area contributed by atoms with Gasteiger partial charge in [0.15, 0.2) is 4.05 Å². The molecule has 1 atom stereocenters. The van der Waals surface area contributed by atoms with Crippen molar-refractivity contribution < 1.29 is 16.9 Å². The molecule has 3 heteroatoms. The van der Waals surface area contributed by atoms with Crippen LogP contribution in [0.2, 0.25) is 0 Å². The lowest BCUT2D eigenvalue weighted by molar-refractivity contribution is -0.889. The fraction of sp³-hybridized carbons (Fsp3) is 0.778. The third-order valence-corrected chi connectivity index (χ3v) is 3.71. The van der Waals surface area contributed by atoms with Gasteiger partial charge >= 0.3 is 0 Å². The van der Waals surface area contributed by atoms with E-state index in [-0.39, 0.29) is 12.4 Å². The molecular weight excluding hydrogens is 284 g/mol. The monoisotopic (exact) mass is 301 g/mol. The average molecular weight is 302 g/mol. The summed E-state index contributed by atoms with van der Waals surface area (Å²) in [7, 11) is 4.37. The number of terminal acetylenes is 1. The van der Waals surface area contributed by atoms with Gasteiger partial charge in [-0.1, -0.05) is 13.3 Å². The number of nitrogens with zero attached hydrogens (tertiary/aromatic N) is 1. The first kappa shape index (κ1) is 15.0. The van der Waals surface area contributed by atoms with Crippen LogP contribution < -0.4 is 12.4 Å². The van der Waals surface area contributed by atoms with Gasteiger partial charge in [-0.3, -0.25) is 0 Å². The summed E-state index contributed by atoms with van der Waals surface area (Å²) in [6, 6.07) is 0. The summed E-state index contributed by atoms with van der Waals surface area (Å²) in [6.07, 6.45) is 7.86. The minimum Gasteiger partial charge on any atom is -1.00 e. The van der Waals surface area contributed by atoms with Gasteiger partial charge in [-0.2, -0.15) is 0 Å². The second-order valence-electron chi connectivity index (χ2n) is 3.36. The topological polar surface area (TPSA) is 0 Å². The Morgan fingerprint density at radius 1 is 1.50 bits per heavy atom. The molecule has 1 nitrogen and oxygen atoms in total. The molecule has 0 N–H and O–H groups in total. The van der Waals surface area contributed by atoms with Crippen molar-refractivity contribution in [2.75, 3.05) is 20.6 Å². The summed E-state index contributed by atoms with van der Waals surface area (Å²) >= 11 is 2.32. The zero-order chi connectivity index (χ0) is 8.91. The molecule has 0 radical (unpaired) electrons. The standard InChI is InChI=1S/C9H17IN.ClH/c1-5-7-8-11(3,4)9(10)6-2;/h2,9H,5,7-8H2,1,3-4H3;1H/q+1;/p-1. The fourth-order valence-electron chi connectivity index (χ4n) is 0.881. The minimum absolute atomic E-state index is 0. The lowest BCUT2D eigenvalue weighted by atomic mass is 10.3. The largest absolute Gasteiger partial charge is 1.00 e. The van der Waals surface area contributed by atoms with E-state index in [1.165, 1.54) is 19.4 Å². The summed E-state index contributed by atoms with van der Waals surface area (Å²) in [5.74, 6) is 2.77. The Hall–Kier alpha value is 0.540. The molecule has 0 amide bonds. The third kappa shape index (κ3) is 5.23. The van der Waals surface area contributed by atoms with Crippen molar-refractivity contribution in [3.05, 3.63) is 0 Å². The van der Waals surface area contributed by atoms with Crippen molar-refractivity contribution in [1.82, 2.24) is 0 Å². The molecule has 0 rings (SSSR count). The first-order valence-electron chi connectivity index (χ1n) is 3.97. The first-order valence-corrected chi connectivity index (χ1v) is 5.22. The van der Waals surface area contributed by atoms with Gasteiger partial charge in [-0.25, -0.2) is 0 Å². The van der Waals surface area contributed by atoms with E-state index in [4.69, 9.17) is 6.42 Å². The van der Waals surface area contributed by atoms with Crippen molar-refractivity contribution >= 4 is 22.6 Å². The van der Waals surface area contributed by atoms with Crippen LogP contribution in [-0.4, -0.2) is 29.2 Å². The molecule has 0 saturated carbocycles. The second-order valence-corrected chi connectivity index (χ2v) is 4.54. The number of unbranched alkanes of at least 4 members (excludes halogenated alkanes) is 1. The molecule has 0 aliphatic carbocycles. The molecule has 0 aromatic carbocycles. The maximum absolute atomic E-state index is 5.36. The molecule has 0 fully saturated rings. The zero-order valence-electron chi connectivity index (χ0n) is 7.98. The van der Waals surface area contributed by atoms with Crippen molar-refractivity contribution in [3.8, 4) is 12.3 Å². The Balaban J connectivity index is 0. The minimum atomic E-state index is 0. The van der Waals surface area contributed by atoms with Crippen LogP contribution >= 0.6 is 22.6 Å². The smallest absolute Gasteiger partial charge is 0.200 e. The summed E-state index contributed by atoms with van der Waals surface area (Å²) in [5.41, 5.74) is 0. The Labute approximate surface area is 96.0 Å². The van der Waals surface area contributed by atoms with Crippen LogP contribution in [0.4, 0.5) is 0 Å². The van der Waals surface area contributed by atoms with Gasteiger partial charge in [0.2, 0.25) is 0 Å². The summed E-state index contributed by atoms with van der Waals surface area (Å²) < 4.78 is 1.24. The second kappa shape index (κ2) is 6.99. The normalized spacial score (nSPS) is 12.9. The van der Waals surface area contributed by atoms with Crippen molar-refractivity contribution in [2.45, 2.75) is 23.8 Å². The van der Waals surface area contributed by atoms with Gasteiger partial charge in [0.05, 0.1) is 20.6 Å². The van der Waals surface area contributed by atoms with E-state index in [2.05, 4.69) is 49.5 Å². The maximum Gasteiger partial charge on any atom is 0.200 e. The van der Waals surface area contributed by atoms with Gasteiger partial charge in [0, 0.05) is 22.6 Å². The predicted molar refractivity (Wildman–Crippen MR) is 58.5 cm³/mol. The van der Waals surface area contributed by atoms with Crippen molar-refractivity contribution in [2.24, 2.45) is 0 Å². The van der Waals surface area contributed by atoms with E-state index >= 15 is 0 Å². The van der Waals surface area contributed by atoms with Crippen LogP contribution in [0, 0.1) is 12.3 Å². The number of alkyl halides is 1. The predicted octanol–water partition coefficient (Wildman–Crippen LogP) is -0.739. The summed E-state index contributed by atoms with van der Waals surface area (Å²) in [4.78, 5) is 0. The van der Waals surface area contributed by atoms with E-state index in [1.807, 2.05) is 0 Å². The molecule has 0 spiro atoms. The molecule has 0 bridgehead atoms. The maximum atomic E-state index is 5.36. The number of hydrogen-bond donors (Lipinski definition) is 0. The van der Waals surface area contributed by atoms with Crippen LogP contribution in [0.15, 0.2) is 0 Å². The highest BCUT2D eigenvalue weighted by molar-refractivity contribution is 14.1. The molecule has 0 saturated heterocycles. The molecule has 0 aliphatic rings. The highest BCUT2D eigenvalue weighted by atomic mass is 127. The summed E-state index contributed by atoms with van der Waals surface area (Å²) in [5, 5.41) is 0. The lowest BCUT2D eigenvalue weighted by Gasteiger charge is -2.31. The fourth-order valence-corrected chi connectivity index (χ4v) is 1.16. The number of rotatable bonds is 4. The van der Waals surface area contributed by atoms with E-state index < -0.39 is 0 Å². The van der Waals surface area contributed by atoms with Gasteiger partial charge in [0.1, 0.15) is 0 Å². The van der Waals surface area contributed by atoms with Crippen molar-refractivity contribution in [1.29, 1.82) is 0 Å². The Morgan fingerprint density at radius 2 is 2.00 bits per heavy atom. The molecular formula is C9H17ClIN. The number of halogens is 2. The van der Waals surface area contributed by atoms with Gasteiger partial charge in [-0.15, -0.1) is 6.42 Å². The quantitative estimate of drug-likeness (QED) is 0.211. The van der Waals surface area contributed by atoms with Crippen molar-refractivity contribution in [3.63, 3.8) is 0 Å². The van der Waals surface area contributed by atoms with Crippen LogP contribution in [0.3, 0.4) is 0 Å². The van der Waals surface area contributed by atoms with Crippen LogP contribution in [-0.2, 0) is 0 Å². The van der Waals surface area contributed by atoms with Gasteiger partial charge in [0.25, 0.3) is 0 Å². The van der Waals surface area contributed by atoms with Gasteiger partial charge < -0.3 is 16.9 Å². The van der Waals surface area contributed by atoms with E-state index in [0.717, 1.165) is 4.48 Å². The Bertz CT molecular complexity index is 151. The van der Waals surface area contributed by atoms with Gasteiger partial charge in [-0.05, 0) is 12.3 Å². The van der Waals surface area contributed by atoms with Crippen LogP contribution in [0.5, 0.6) is 0 Å². The van der Waals surface area contributed by atoms with E-state index in [0.29, 0.717) is 4.05 Å². The molecule has 12 heavy (non-hydrogen) atoms. The molecule has 0 aromatic heterocycles. The molecule has 72 valence electrons. The average Bonchev–Trinajstić information content (AvgIpc) is 1.99. The number of quaternary nitrogens is 1. The first-order chi connectivity index (χ1) is 5.04. The highest BCUT2D eigenvalue weighted by Gasteiger charge is 2.21. The van der Waals surface area contributed by atoms with E-state index in [9.17, 15) is 0 Å². The SMILES string of the molecule is C#CC(I)[N+](C)(C)CCCC.[Cl-]. The Morgan fingerprint density at radius 3 is 2.33 bits per heavy atom. The number of hydrogen-bond acceptors (Lipinski definition) is 0. The molecule has 0 heterocycles.